The summed E-state index contributed by atoms with van der Waals surface area (Å²) in [6.45, 7) is 8.55. The molecule has 0 radical (unpaired) electrons. The molecule has 126 valence electrons. The lowest BCUT2D eigenvalue weighted by molar-refractivity contribution is -0.133. The molecule has 22 heavy (non-hydrogen) atoms. The van der Waals surface area contributed by atoms with Crippen LogP contribution in [0.1, 0.15) is 53.9 Å². The van der Waals surface area contributed by atoms with E-state index in [1.165, 1.54) is 0 Å². The third-order valence-corrected chi connectivity index (χ3v) is 3.34. The van der Waals surface area contributed by atoms with Crippen molar-refractivity contribution in [1.82, 2.24) is 16.2 Å². The highest BCUT2D eigenvalue weighted by molar-refractivity contribution is 5.95. The van der Waals surface area contributed by atoms with Crippen LogP contribution in [0.2, 0.25) is 0 Å². The molecule has 0 aromatic carbocycles. The van der Waals surface area contributed by atoms with Gasteiger partial charge in [0.05, 0.1) is 0 Å². The first-order chi connectivity index (χ1) is 10.2. The van der Waals surface area contributed by atoms with E-state index < -0.39 is 0 Å². The highest BCUT2D eigenvalue weighted by atomic mass is 16.2. The van der Waals surface area contributed by atoms with Gasteiger partial charge in [-0.1, -0.05) is 34.6 Å². The number of hydrogen-bond acceptors (Lipinski definition) is 4. The van der Waals surface area contributed by atoms with Crippen LogP contribution >= 0.6 is 0 Å². The fourth-order valence-corrected chi connectivity index (χ4v) is 1.50. The minimum absolute atomic E-state index is 0.213. The van der Waals surface area contributed by atoms with E-state index >= 15 is 0 Å². The molecule has 0 aliphatic carbocycles. The molecular weight excluding hydrogens is 286 g/mol. The summed E-state index contributed by atoms with van der Waals surface area (Å²) in [6.07, 6.45) is 1.22. The number of imide groups is 1. The van der Waals surface area contributed by atoms with Gasteiger partial charge < -0.3 is 0 Å². The molecule has 0 rings (SSSR count). The van der Waals surface area contributed by atoms with E-state index in [1.807, 2.05) is 0 Å². The van der Waals surface area contributed by atoms with Crippen LogP contribution in [0.4, 0.5) is 0 Å². The van der Waals surface area contributed by atoms with Gasteiger partial charge in [-0.2, -0.15) is 0 Å². The summed E-state index contributed by atoms with van der Waals surface area (Å²) in [5, 5.41) is 2.30. The Balaban J connectivity index is 4.13. The van der Waals surface area contributed by atoms with Crippen molar-refractivity contribution >= 4 is 23.6 Å². The van der Waals surface area contributed by atoms with Crippen LogP contribution in [0.5, 0.6) is 0 Å². The summed E-state index contributed by atoms with van der Waals surface area (Å²) in [6, 6.07) is 0. The fraction of sp³-hybridized carbons (Fsp3) is 0.733. The van der Waals surface area contributed by atoms with Crippen molar-refractivity contribution in [2.45, 2.75) is 53.9 Å². The average molecular weight is 313 g/mol. The highest BCUT2D eigenvalue weighted by Crippen LogP contribution is 2.12. The van der Waals surface area contributed by atoms with E-state index in [-0.39, 0.29) is 47.8 Å². The van der Waals surface area contributed by atoms with Gasteiger partial charge in [-0.25, -0.2) is 0 Å². The fourth-order valence-electron chi connectivity index (χ4n) is 1.50. The zero-order chi connectivity index (χ0) is 17.3. The molecule has 0 spiro atoms. The van der Waals surface area contributed by atoms with Gasteiger partial charge in [0.1, 0.15) is 0 Å². The topological polar surface area (TPSA) is 104 Å². The number of amides is 4. The molecule has 0 bridgehead atoms. The molecule has 0 aliphatic rings. The Kier molecular flexibility index (Phi) is 9.05. The second-order valence-corrected chi connectivity index (χ2v) is 5.78. The predicted octanol–water partition coefficient (Wildman–Crippen LogP) is 0.895. The molecule has 0 aromatic rings. The minimum Gasteiger partial charge on any atom is -0.296 e. The quantitative estimate of drug-likeness (QED) is 0.607. The number of carbonyl (C=O) groups is 4. The Morgan fingerprint density at radius 3 is 1.68 bits per heavy atom. The lowest BCUT2D eigenvalue weighted by Crippen LogP contribution is -2.45. The average Bonchev–Trinajstić information content (AvgIpc) is 2.48. The van der Waals surface area contributed by atoms with Gasteiger partial charge in [-0.3, -0.25) is 35.3 Å². The molecule has 0 aromatic heterocycles. The molecule has 3 N–H and O–H groups in total. The smallest absolute Gasteiger partial charge is 0.241 e. The highest BCUT2D eigenvalue weighted by Gasteiger charge is 2.19. The van der Waals surface area contributed by atoms with E-state index in [2.05, 4.69) is 16.2 Å². The van der Waals surface area contributed by atoms with Crippen molar-refractivity contribution in [2.75, 3.05) is 0 Å². The van der Waals surface area contributed by atoms with Gasteiger partial charge in [0.2, 0.25) is 23.6 Å². The largest absolute Gasteiger partial charge is 0.296 e. The van der Waals surface area contributed by atoms with Gasteiger partial charge in [-0.15, -0.1) is 0 Å². The van der Waals surface area contributed by atoms with Crippen molar-refractivity contribution in [2.24, 2.45) is 17.8 Å². The molecule has 0 fully saturated rings. The summed E-state index contributed by atoms with van der Waals surface area (Å²) in [5.74, 6) is -2.10. The van der Waals surface area contributed by atoms with Crippen molar-refractivity contribution in [3.05, 3.63) is 0 Å². The lowest BCUT2D eigenvalue weighted by Gasteiger charge is -2.16. The van der Waals surface area contributed by atoms with Crippen LogP contribution in [0.15, 0.2) is 0 Å². The molecule has 2 unspecified atom stereocenters. The van der Waals surface area contributed by atoms with Crippen LogP contribution < -0.4 is 16.2 Å². The molecule has 0 aliphatic heterocycles. The van der Waals surface area contributed by atoms with Gasteiger partial charge >= 0.3 is 0 Å². The normalized spacial score (nSPS) is 13.2. The zero-order valence-electron chi connectivity index (χ0n) is 14.0. The van der Waals surface area contributed by atoms with Crippen molar-refractivity contribution in [3.63, 3.8) is 0 Å². The van der Waals surface area contributed by atoms with E-state index in [0.29, 0.717) is 12.8 Å². The Labute approximate surface area is 131 Å². The van der Waals surface area contributed by atoms with Crippen molar-refractivity contribution in [3.8, 4) is 0 Å². The first-order valence-electron chi connectivity index (χ1n) is 7.62. The summed E-state index contributed by atoms with van der Waals surface area (Å²) in [4.78, 5) is 46.0. The van der Waals surface area contributed by atoms with Crippen LogP contribution in [-0.2, 0) is 19.2 Å². The first-order valence-corrected chi connectivity index (χ1v) is 7.62. The summed E-state index contributed by atoms with van der Waals surface area (Å²) >= 11 is 0. The Hall–Kier alpha value is -1.92. The molecule has 0 saturated carbocycles. The van der Waals surface area contributed by atoms with Crippen molar-refractivity contribution in [1.29, 1.82) is 0 Å². The van der Waals surface area contributed by atoms with Gasteiger partial charge in [0.15, 0.2) is 0 Å². The van der Waals surface area contributed by atoms with E-state index in [0.717, 1.165) is 0 Å². The standard InChI is InChI=1S/C15H27N3O4/c1-6-12(19)16-14(21)10(4)7-8-11(5)15(22)18-17-13(20)9(2)3/h9-11H,6-8H2,1-5H3,(H,17,20)(H,18,22)(H,16,19,21). The molecule has 0 heterocycles. The Morgan fingerprint density at radius 1 is 0.773 bits per heavy atom. The predicted molar refractivity (Wildman–Crippen MR) is 82.1 cm³/mol. The van der Waals surface area contributed by atoms with Gasteiger partial charge in [0.25, 0.3) is 0 Å². The number of hydrogen-bond donors (Lipinski definition) is 3. The van der Waals surface area contributed by atoms with Crippen molar-refractivity contribution < 1.29 is 19.2 Å². The number of carbonyl (C=O) groups excluding carboxylic acids is 4. The maximum Gasteiger partial charge on any atom is 0.241 e. The second kappa shape index (κ2) is 9.92. The molecule has 7 heteroatoms. The van der Waals surface area contributed by atoms with Gasteiger partial charge in [-0.05, 0) is 12.8 Å². The third-order valence-electron chi connectivity index (χ3n) is 3.34. The molecule has 0 saturated heterocycles. The molecule has 4 amide bonds. The number of hydrazine groups is 1. The molecule has 2 atom stereocenters. The first kappa shape index (κ1) is 20.1. The van der Waals surface area contributed by atoms with Crippen LogP contribution in [0, 0.1) is 17.8 Å². The van der Waals surface area contributed by atoms with Crippen LogP contribution in [0.3, 0.4) is 0 Å². The second-order valence-electron chi connectivity index (χ2n) is 5.78. The SMILES string of the molecule is CCC(=O)NC(=O)C(C)CCC(C)C(=O)NNC(=O)C(C)C. The van der Waals surface area contributed by atoms with E-state index in [9.17, 15) is 19.2 Å². The molecular formula is C15H27N3O4. The van der Waals surface area contributed by atoms with E-state index in [1.54, 1.807) is 34.6 Å². The maximum absolute atomic E-state index is 11.8. The van der Waals surface area contributed by atoms with Crippen LogP contribution in [-0.4, -0.2) is 23.6 Å². The van der Waals surface area contributed by atoms with Crippen LogP contribution in [0.25, 0.3) is 0 Å². The third kappa shape index (κ3) is 7.75. The summed E-state index contributed by atoms with van der Waals surface area (Å²) < 4.78 is 0. The monoisotopic (exact) mass is 313 g/mol. The minimum atomic E-state index is -0.351. The van der Waals surface area contributed by atoms with E-state index in [4.69, 9.17) is 0 Å². The maximum atomic E-state index is 11.8. The molecule has 7 nitrogen and oxygen atoms in total. The summed E-state index contributed by atoms with van der Waals surface area (Å²) in [7, 11) is 0. The zero-order valence-corrected chi connectivity index (χ0v) is 14.0. The number of nitrogens with one attached hydrogen (secondary N) is 3. The Morgan fingerprint density at radius 2 is 1.23 bits per heavy atom. The van der Waals surface area contributed by atoms with Gasteiger partial charge in [0, 0.05) is 24.2 Å². The number of rotatable bonds is 7. The lowest BCUT2D eigenvalue weighted by atomic mass is 9.97. The Bertz CT molecular complexity index is 421. The summed E-state index contributed by atoms with van der Waals surface area (Å²) in [5.41, 5.74) is 4.71.